The zero-order valence-electron chi connectivity index (χ0n) is 21.8. The third kappa shape index (κ3) is 5.98. The third-order valence-corrected chi connectivity index (χ3v) is 10.3. The summed E-state index contributed by atoms with van der Waals surface area (Å²) in [6, 6.07) is 21.0. The fourth-order valence-electron chi connectivity index (χ4n) is 4.68. The van der Waals surface area contributed by atoms with Gasteiger partial charge in [-0.2, -0.15) is 0 Å². The lowest BCUT2D eigenvalue weighted by molar-refractivity contribution is 0.183. The molecule has 0 saturated carbocycles. The third-order valence-electron chi connectivity index (χ3n) is 6.88. The zero-order chi connectivity index (χ0) is 26.5. The molecule has 2 heterocycles. The standard InChI is InChI=1S/C30H33NO5S2/c1-3-38(32,33)29-16-15-28(37-29)27-13-7-22-21-25(34-2)12-14-26(22)30(27)36-24-10-8-23(9-11-24)35-20-19-31-17-5-4-6-18-31/h7-16,21H,3-6,17-20H2,1-2H3. The van der Waals surface area contributed by atoms with Crippen molar-refractivity contribution in [1.29, 1.82) is 0 Å². The SMILES string of the molecule is CCS(=O)(=O)c1ccc(-c2ccc3cc(OC)ccc3c2Oc2ccc(OCCN3CCCCC3)cc2)s1. The Labute approximate surface area is 228 Å². The molecule has 4 aromatic rings. The van der Waals surface area contributed by atoms with Crippen molar-refractivity contribution in [3.05, 3.63) is 66.7 Å². The van der Waals surface area contributed by atoms with Crippen molar-refractivity contribution in [2.45, 2.75) is 30.4 Å². The lowest BCUT2D eigenvalue weighted by Gasteiger charge is -2.26. The van der Waals surface area contributed by atoms with Gasteiger partial charge < -0.3 is 14.2 Å². The van der Waals surface area contributed by atoms with Crippen LogP contribution in [0, 0.1) is 0 Å². The molecule has 1 aliphatic rings. The Morgan fingerprint density at radius 3 is 2.34 bits per heavy atom. The van der Waals surface area contributed by atoms with Gasteiger partial charge in [-0.05, 0) is 92.0 Å². The van der Waals surface area contributed by atoms with Gasteiger partial charge in [-0.25, -0.2) is 8.42 Å². The van der Waals surface area contributed by atoms with E-state index in [9.17, 15) is 8.42 Å². The lowest BCUT2D eigenvalue weighted by Crippen LogP contribution is -2.33. The van der Waals surface area contributed by atoms with Gasteiger partial charge in [-0.1, -0.05) is 19.4 Å². The minimum atomic E-state index is -3.28. The number of hydrogen-bond acceptors (Lipinski definition) is 7. The molecule has 1 aliphatic heterocycles. The van der Waals surface area contributed by atoms with E-state index in [2.05, 4.69) is 4.90 Å². The second-order valence-electron chi connectivity index (χ2n) is 9.38. The van der Waals surface area contributed by atoms with Crippen LogP contribution in [0.3, 0.4) is 0 Å². The van der Waals surface area contributed by atoms with Crippen LogP contribution in [-0.2, 0) is 9.84 Å². The maximum absolute atomic E-state index is 12.5. The highest BCUT2D eigenvalue weighted by Gasteiger charge is 2.19. The Balaban J connectivity index is 1.41. The molecule has 3 aromatic carbocycles. The smallest absolute Gasteiger partial charge is 0.187 e. The van der Waals surface area contributed by atoms with Crippen molar-refractivity contribution in [3.8, 4) is 33.4 Å². The van der Waals surface area contributed by atoms with Crippen LogP contribution in [0.15, 0.2) is 70.9 Å². The van der Waals surface area contributed by atoms with Crippen LogP contribution in [-0.4, -0.2) is 52.4 Å². The van der Waals surface area contributed by atoms with Gasteiger partial charge in [0.15, 0.2) is 9.84 Å². The van der Waals surface area contributed by atoms with Gasteiger partial charge >= 0.3 is 0 Å². The second-order valence-corrected chi connectivity index (χ2v) is 13.0. The average Bonchev–Trinajstić information content (AvgIpc) is 3.45. The summed E-state index contributed by atoms with van der Waals surface area (Å²) in [5.74, 6) is 2.99. The topological polar surface area (TPSA) is 65.1 Å². The first-order valence-electron chi connectivity index (χ1n) is 13.0. The molecule has 0 N–H and O–H groups in total. The van der Waals surface area contributed by atoms with Crippen LogP contribution in [0.4, 0.5) is 0 Å². The first-order valence-corrected chi connectivity index (χ1v) is 15.5. The van der Waals surface area contributed by atoms with E-state index in [0.29, 0.717) is 22.3 Å². The molecule has 6 nitrogen and oxygen atoms in total. The molecule has 0 unspecified atom stereocenters. The Morgan fingerprint density at radius 2 is 1.61 bits per heavy atom. The predicted octanol–water partition coefficient (Wildman–Crippen LogP) is 7.03. The molecular weight excluding hydrogens is 518 g/mol. The summed E-state index contributed by atoms with van der Waals surface area (Å²) in [5.41, 5.74) is 0.840. The number of methoxy groups -OCH3 is 1. The summed E-state index contributed by atoms with van der Waals surface area (Å²) in [5, 5.41) is 1.89. The van der Waals surface area contributed by atoms with Gasteiger partial charge in [0.2, 0.25) is 0 Å². The van der Waals surface area contributed by atoms with Crippen molar-refractivity contribution in [2.24, 2.45) is 0 Å². The summed E-state index contributed by atoms with van der Waals surface area (Å²) in [6.07, 6.45) is 3.88. The van der Waals surface area contributed by atoms with Gasteiger partial charge in [0, 0.05) is 22.4 Å². The molecule has 0 atom stereocenters. The van der Waals surface area contributed by atoms with Gasteiger partial charge in [0.1, 0.15) is 33.8 Å². The first kappa shape index (κ1) is 26.5. The van der Waals surface area contributed by atoms with Crippen molar-refractivity contribution >= 4 is 31.9 Å². The molecule has 1 saturated heterocycles. The summed E-state index contributed by atoms with van der Waals surface area (Å²) >= 11 is 1.26. The fraction of sp³-hybridized carbons (Fsp3) is 0.333. The Hall–Kier alpha value is -3.07. The fourth-order valence-corrected chi connectivity index (χ4v) is 7.13. The van der Waals surface area contributed by atoms with Crippen LogP contribution in [0.2, 0.25) is 0 Å². The Morgan fingerprint density at radius 1 is 0.868 bits per heavy atom. The molecule has 0 radical (unpaired) electrons. The van der Waals surface area contributed by atoms with E-state index in [1.54, 1.807) is 20.1 Å². The number of benzene rings is 3. The molecule has 0 spiro atoms. The van der Waals surface area contributed by atoms with Gasteiger partial charge in [-0.3, -0.25) is 4.90 Å². The van der Waals surface area contributed by atoms with E-state index in [1.807, 2.05) is 60.7 Å². The Bertz CT molecular complexity index is 1490. The summed E-state index contributed by atoms with van der Waals surface area (Å²) in [4.78, 5) is 3.29. The molecule has 200 valence electrons. The van der Waals surface area contributed by atoms with Crippen LogP contribution >= 0.6 is 11.3 Å². The highest BCUT2D eigenvalue weighted by Crippen LogP contribution is 2.43. The monoisotopic (exact) mass is 551 g/mol. The number of nitrogens with zero attached hydrogens (tertiary/aromatic N) is 1. The first-order chi connectivity index (χ1) is 18.5. The largest absolute Gasteiger partial charge is 0.497 e. The minimum Gasteiger partial charge on any atom is -0.497 e. The normalized spacial score (nSPS) is 14.5. The van der Waals surface area contributed by atoms with Crippen molar-refractivity contribution in [3.63, 3.8) is 0 Å². The van der Waals surface area contributed by atoms with E-state index in [0.717, 1.165) is 52.3 Å². The molecule has 0 aliphatic carbocycles. The molecular formula is C30H33NO5S2. The number of rotatable bonds is 10. The van der Waals surface area contributed by atoms with E-state index in [4.69, 9.17) is 14.2 Å². The maximum atomic E-state index is 12.5. The predicted molar refractivity (Wildman–Crippen MR) is 154 cm³/mol. The molecule has 8 heteroatoms. The number of thiophene rings is 1. The quantitative estimate of drug-likeness (QED) is 0.211. The zero-order valence-corrected chi connectivity index (χ0v) is 23.4. The highest BCUT2D eigenvalue weighted by atomic mass is 32.2. The highest BCUT2D eigenvalue weighted by molar-refractivity contribution is 7.93. The number of fused-ring (bicyclic) bond motifs is 1. The maximum Gasteiger partial charge on any atom is 0.187 e. The summed E-state index contributed by atoms with van der Waals surface area (Å²) in [7, 11) is -1.64. The average molecular weight is 552 g/mol. The van der Waals surface area contributed by atoms with E-state index >= 15 is 0 Å². The number of piperidine rings is 1. The van der Waals surface area contributed by atoms with Crippen LogP contribution in [0.25, 0.3) is 21.2 Å². The molecule has 0 bridgehead atoms. The van der Waals surface area contributed by atoms with Crippen molar-refractivity contribution in [1.82, 2.24) is 4.90 Å². The lowest BCUT2D eigenvalue weighted by atomic mass is 10.0. The van der Waals surface area contributed by atoms with Crippen molar-refractivity contribution < 1.29 is 22.6 Å². The molecule has 1 fully saturated rings. The van der Waals surface area contributed by atoms with E-state index in [1.165, 1.54) is 30.6 Å². The van der Waals surface area contributed by atoms with E-state index in [-0.39, 0.29) is 5.75 Å². The van der Waals surface area contributed by atoms with Crippen molar-refractivity contribution in [2.75, 3.05) is 39.1 Å². The minimum absolute atomic E-state index is 0.0697. The number of hydrogen-bond donors (Lipinski definition) is 0. The molecule has 0 amide bonds. The van der Waals surface area contributed by atoms with Crippen LogP contribution in [0.5, 0.6) is 23.0 Å². The Kier molecular flexibility index (Phi) is 8.21. The molecule has 5 rings (SSSR count). The second kappa shape index (κ2) is 11.8. The number of ether oxygens (including phenoxy) is 3. The summed E-state index contributed by atoms with van der Waals surface area (Å²) < 4.78 is 43.1. The van der Waals surface area contributed by atoms with Crippen LogP contribution < -0.4 is 14.2 Å². The number of sulfone groups is 1. The van der Waals surface area contributed by atoms with Gasteiger partial charge in [0.05, 0.1) is 12.9 Å². The number of likely N-dealkylation sites (tertiary alicyclic amines) is 1. The van der Waals surface area contributed by atoms with Crippen LogP contribution in [0.1, 0.15) is 26.2 Å². The molecule has 1 aromatic heterocycles. The van der Waals surface area contributed by atoms with Gasteiger partial charge in [0.25, 0.3) is 0 Å². The van der Waals surface area contributed by atoms with Gasteiger partial charge in [-0.15, -0.1) is 11.3 Å². The van der Waals surface area contributed by atoms with E-state index < -0.39 is 9.84 Å². The molecule has 38 heavy (non-hydrogen) atoms. The summed E-state index contributed by atoms with van der Waals surface area (Å²) in [6.45, 7) is 5.58.